The van der Waals surface area contributed by atoms with Gasteiger partial charge < -0.3 is 4.98 Å². The minimum Gasteiger partial charge on any atom is -0.367 e. The Hall–Kier alpha value is -1.59. The average molecular weight is 278 g/mol. The normalized spacial score (nSPS) is 13.3. The van der Waals surface area contributed by atoms with Crippen LogP contribution in [0.15, 0.2) is 48.8 Å². The number of H-pyrrole nitrogens is 1. The molecule has 4 nitrogen and oxygen atoms in total. The lowest BCUT2D eigenvalue weighted by Gasteiger charge is -2.12. The zero-order valence-electron chi connectivity index (χ0n) is 10.8. The summed E-state index contributed by atoms with van der Waals surface area (Å²) < 4.78 is 26.6. The van der Waals surface area contributed by atoms with E-state index in [2.05, 4.69) is 9.71 Å². The predicted octanol–water partition coefficient (Wildman–Crippen LogP) is 2.24. The minimum absolute atomic E-state index is 0.0232. The zero-order valence-corrected chi connectivity index (χ0v) is 11.7. The Labute approximate surface area is 113 Å². The Bertz CT molecular complexity index is 592. The number of rotatable bonds is 6. The van der Waals surface area contributed by atoms with E-state index in [4.69, 9.17) is 0 Å². The molecule has 1 aromatic heterocycles. The van der Waals surface area contributed by atoms with Crippen molar-refractivity contribution in [2.45, 2.75) is 19.4 Å². The highest BCUT2D eigenvalue weighted by molar-refractivity contribution is 7.89. The molecule has 1 heterocycles. The first-order valence-corrected chi connectivity index (χ1v) is 7.86. The fourth-order valence-corrected chi connectivity index (χ4v) is 3.28. The first kappa shape index (κ1) is 13.8. The fourth-order valence-electron chi connectivity index (χ4n) is 1.93. The molecule has 2 rings (SSSR count). The molecule has 5 heteroatoms. The molecule has 102 valence electrons. The molecule has 0 aliphatic carbocycles. The largest absolute Gasteiger partial charge is 0.367 e. The van der Waals surface area contributed by atoms with Crippen LogP contribution in [0.25, 0.3) is 0 Å². The van der Waals surface area contributed by atoms with Gasteiger partial charge in [-0.1, -0.05) is 37.3 Å². The van der Waals surface area contributed by atoms with Crippen LogP contribution in [0.1, 0.15) is 24.0 Å². The van der Waals surface area contributed by atoms with Crippen LogP contribution in [0.3, 0.4) is 0 Å². The minimum atomic E-state index is -3.27. The summed E-state index contributed by atoms with van der Waals surface area (Å²) in [5, 5.41) is 0. The number of hydrogen-bond donors (Lipinski definition) is 2. The third-order valence-corrected chi connectivity index (χ3v) is 4.52. The Kier molecular flexibility index (Phi) is 4.39. The molecule has 1 aromatic carbocycles. The molecular formula is C14H18N2O2S. The predicted molar refractivity (Wildman–Crippen MR) is 76.3 cm³/mol. The zero-order chi connectivity index (χ0) is 13.7. The Morgan fingerprint density at radius 2 is 1.95 bits per heavy atom. The lowest BCUT2D eigenvalue weighted by molar-refractivity contribution is 0.576. The van der Waals surface area contributed by atoms with Crippen LogP contribution in [-0.2, 0) is 16.6 Å². The molecule has 0 radical (unpaired) electrons. The maximum Gasteiger partial charge on any atom is 0.212 e. The van der Waals surface area contributed by atoms with Gasteiger partial charge in [0.2, 0.25) is 10.0 Å². The SMILES string of the molecule is CC(CS(=O)(=O)NCc1cc[nH]c1)c1ccccc1. The third-order valence-electron chi connectivity index (χ3n) is 3.00. The van der Waals surface area contributed by atoms with Crippen molar-refractivity contribution in [3.63, 3.8) is 0 Å². The average Bonchev–Trinajstić information content (AvgIpc) is 2.90. The summed E-state index contributed by atoms with van der Waals surface area (Å²) in [7, 11) is -3.27. The number of nitrogens with one attached hydrogen (secondary N) is 2. The van der Waals surface area contributed by atoms with Crippen LogP contribution >= 0.6 is 0 Å². The standard InChI is InChI=1S/C14H18N2O2S/c1-12(14-5-3-2-4-6-14)11-19(17,18)16-10-13-7-8-15-9-13/h2-9,12,15-16H,10-11H2,1H3. The molecule has 0 saturated heterocycles. The topological polar surface area (TPSA) is 62.0 Å². The summed E-state index contributed by atoms with van der Waals surface area (Å²) in [5.74, 6) is 0.0754. The van der Waals surface area contributed by atoms with Crippen LogP contribution in [0.4, 0.5) is 0 Å². The molecule has 0 amide bonds. The summed E-state index contributed by atoms with van der Waals surface area (Å²) in [6.07, 6.45) is 3.55. The highest BCUT2D eigenvalue weighted by Gasteiger charge is 2.16. The Morgan fingerprint density at radius 3 is 2.58 bits per heavy atom. The van der Waals surface area contributed by atoms with E-state index in [-0.39, 0.29) is 11.7 Å². The van der Waals surface area contributed by atoms with Gasteiger partial charge in [0.15, 0.2) is 0 Å². The summed E-state index contributed by atoms with van der Waals surface area (Å²) in [6, 6.07) is 11.5. The maximum atomic E-state index is 12.0. The van der Waals surface area contributed by atoms with Gasteiger partial charge in [0.05, 0.1) is 5.75 Å². The number of aromatic nitrogens is 1. The molecule has 0 saturated carbocycles. The van der Waals surface area contributed by atoms with Crippen LogP contribution < -0.4 is 4.72 Å². The Morgan fingerprint density at radius 1 is 1.21 bits per heavy atom. The van der Waals surface area contributed by atoms with Gasteiger partial charge in [0.25, 0.3) is 0 Å². The molecule has 1 unspecified atom stereocenters. The van der Waals surface area contributed by atoms with E-state index in [0.717, 1.165) is 11.1 Å². The quantitative estimate of drug-likeness (QED) is 0.851. The van der Waals surface area contributed by atoms with Crippen LogP contribution in [0, 0.1) is 0 Å². The van der Waals surface area contributed by atoms with E-state index < -0.39 is 10.0 Å². The third kappa shape index (κ3) is 4.22. The first-order chi connectivity index (χ1) is 9.07. The lowest BCUT2D eigenvalue weighted by atomic mass is 10.0. The molecule has 19 heavy (non-hydrogen) atoms. The Balaban J connectivity index is 1.93. The monoisotopic (exact) mass is 278 g/mol. The van der Waals surface area contributed by atoms with E-state index >= 15 is 0 Å². The summed E-state index contributed by atoms with van der Waals surface area (Å²) in [6.45, 7) is 2.25. The molecular weight excluding hydrogens is 260 g/mol. The van der Waals surface area contributed by atoms with E-state index in [1.165, 1.54) is 0 Å². The van der Waals surface area contributed by atoms with Gasteiger partial charge in [-0.15, -0.1) is 0 Å². The molecule has 2 aromatic rings. The van der Waals surface area contributed by atoms with Crippen molar-refractivity contribution in [2.24, 2.45) is 0 Å². The van der Waals surface area contributed by atoms with Crippen molar-refractivity contribution in [2.75, 3.05) is 5.75 Å². The van der Waals surface area contributed by atoms with E-state index in [9.17, 15) is 8.42 Å². The number of sulfonamides is 1. The highest BCUT2D eigenvalue weighted by atomic mass is 32.2. The summed E-state index contributed by atoms with van der Waals surface area (Å²) in [4.78, 5) is 2.90. The van der Waals surface area contributed by atoms with Crippen LogP contribution in [-0.4, -0.2) is 19.2 Å². The molecule has 0 spiro atoms. The maximum absolute atomic E-state index is 12.0. The van der Waals surface area contributed by atoms with Gasteiger partial charge in [0.1, 0.15) is 0 Å². The molecule has 0 aliphatic heterocycles. The van der Waals surface area contributed by atoms with E-state index in [1.54, 1.807) is 12.4 Å². The van der Waals surface area contributed by atoms with E-state index in [1.807, 2.05) is 43.3 Å². The second-order valence-corrected chi connectivity index (χ2v) is 6.49. The van der Waals surface area contributed by atoms with Crippen molar-refractivity contribution in [1.82, 2.24) is 9.71 Å². The number of hydrogen-bond acceptors (Lipinski definition) is 2. The summed E-state index contributed by atoms with van der Waals surface area (Å²) >= 11 is 0. The number of aromatic amines is 1. The molecule has 0 fully saturated rings. The second kappa shape index (κ2) is 6.04. The lowest BCUT2D eigenvalue weighted by Crippen LogP contribution is -2.28. The van der Waals surface area contributed by atoms with Gasteiger partial charge >= 0.3 is 0 Å². The van der Waals surface area contributed by atoms with Crippen LogP contribution in [0.2, 0.25) is 0 Å². The molecule has 1 atom stereocenters. The van der Waals surface area contributed by atoms with Crippen molar-refractivity contribution < 1.29 is 8.42 Å². The van der Waals surface area contributed by atoms with Crippen molar-refractivity contribution in [3.8, 4) is 0 Å². The fraction of sp³-hybridized carbons (Fsp3) is 0.286. The first-order valence-electron chi connectivity index (χ1n) is 6.21. The summed E-state index contributed by atoms with van der Waals surface area (Å²) in [5.41, 5.74) is 1.96. The van der Waals surface area contributed by atoms with Crippen LogP contribution in [0.5, 0.6) is 0 Å². The highest BCUT2D eigenvalue weighted by Crippen LogP contribution is 2.16. The van der Waals surface area contributed by atoms with Gasteiger partial charge in [-0.3, -0.25) is 0 Å². The molecule has 0 bridgehead atoms. The van der Waals surface area contributed by atoms with Crippen molar-refractivity contribution >= 4 is 10.0 Å². The second-order valence-electron chi connectivity index (χ2n) is 4.63. The number of benzene rings is 1. The van der Waals surface area contributed by atoms with Crippen molar-refractivity contribution in [1.29, 1.82) is 0 Å². The van der Waals surface area contributed by atoms with Crippen molar-refractivity contribution in [3.05, 3.63) is 59.9 Å². The molecule has 2 N–H and O–H groups in total. The smallest absolute Gasteiger partial charge is 0.212 e. The molecule has 0 aliphatic rings. The van der Waals surface area contributed by atoms with Gasteiger partial charge in [-0.2, -0.15) is 0 Å². The van der Waals surface area contributed by atoms with Gasteiger partial charge in [-0.25, -0.2) is 13.1 Å². The van der Waals surface area contributed by atoms with Gasteiger partial charge in [-0.05, 0) is 23.1 Å². The van der Waals surface area contributed by atoms with E-state index in [0.29, 0.717) is 6.54 Å². The van der Waals surface area contributed by atoms with Gasteiger partial charge in [0, 0.05) is 18.9 Å².